The smallest absolute Gasteiger partial charge is 0.340 e. The molecule has 0 aromatic heterocycles. The van der Waals surface area contributed by atoms with E-state index in [4.69, 9.17) is 9.47 Å². The molecule has 0 saturated heterocycles. The summed E-state index contributed by atoms with van der Waals surface area (Å²) in [5.41, 5.74) is 0.311. The van der Waals surface area contributed by atoms with Gasteiger partial charge >= 0.3 is 5.97 Å². The van der Waals surface area contributed by atoms with Gasteiger partial charge in [-0.2, -0.15) is 0 Å². The van der Waals surface area contributed by atoms with Crippen molar-refractivity contribution in [2.24, 2.45) is 0 Å². The molecule has 0 aliphatic carbocycles. The normalized spacial score (nSPS) is 11.3. The molecule has 0 heterocycles. The number of hydrogen-bond acceptors (Lipinski definition) is 6. The highest BCUT2D eigenvalue weighted by Crippen LogP contribution is 2.23. The van der Waals surface area contributed by atoms with Gasteiger partial charge in [0.2, 0.25) is 5.91 Å². The summed E-state index contributed by atoms with van der Waals surface area (Å²) >= 11 is 1.22. The van der Waals surface area contributed by atoms with Gasteiger partial charge in [0.05, 0.1) is 17.9 Å². The van der Waals surface area contributed by atoms with E-state index in [1.165, 1.54) is 24.8 Å². The number of hydrogen-bond donors (Lipinski definition) is 2. The van der Waals surface area contributed by atoms with Gasteiger partial charge in [-0.15, -0.1) is 18.3 Å². The lowest BCUT2D eigenvalue weighted by Crippen LogP contribution is -2.35. The van der Waals surface area contributed by atoms with Crippen molar-refractivity contribution in [3.05, 3.63) is 42.5 Å². The number of carbonyl (C=O) groups excluding carboxylic acids is 3. The second-order valence-electron chi connectivity index (χ2n) is 5.21. The highest BCUT2D eigenvalue weighted by atomic mass is 32.2. The molecule has 142 valence electrons. The van der Waals surface area contributed by atoms with Gasteiger partial charge in [0.25, 0.3) is 5.91 Å². The van der Waals surface area contributed by atoms with Crippen molar-refractivity contribution < 1.29 is 23.9 Å². The van der Waals surface area contributed by atoms with Gasteiger partial charge in [0, 0.05) is 25.1 Å². The average molecular weight is 380 g/mol. The Labute approximate surface area is 157 Å². The maximum Gasteiger partial charge on any atom is 0.340 e. The van der Waals surface area contributed by atoms with E-state index in [1.807, 2.05) is 0 Å². The first-order valence-electron chi connectivity index (χ1n) is 8.06. The van der Waals surface area contributed by atoms with Crippen LogP contribution >= 0.6 is 11.8 Å². The summed E-state index contributed by atoms with van der Waals surface area (Å²) < 4.78 is 10.1. The van der Waals surface area contributed by atoms with Gasteiger partial charge in [-0.1, -0.05) is 18.2 Å². The molecule has 0 unspecified atom stereocenters. The van der Waals surface area contributed by atoms with Crippen LogP contribution in [0.1, 0.15) is 17.3 Å². The lowest BCUT2D eigenvalue weighted by atomic mass is 10.2. The fourth-order valence-electron chi connectivity index (χ4n) is 1.84. The van der Waals surface area contributed by atoms with Gasteiger partial charge in [-0.25, -0.2) is 4.79 Å². The van der Waals surface area contributed by atoms with E-state index in [0.29, 0.717) is 30.2 Å². The van der Waals surface area contributed by atoms with Gasteiger partial charge in [-0.3, -0.25) is 9.59 Å². The number of nitrogens with one attached hydrogen (secondary N) is 2. The quantitative estimate of drug-likeness (QED) is 0.261. The maximum absolute atomic E-state index is 12.4. The van der Waals surface area contributed by atoms with Crippen molar-refractivity contribution >= 4 is 29.5 Å². The number of benzene rings is 1. The van der Waals surface area contributed by atoms with Crippen molar-refractivity contribution in [1.29, 1.82) is 0 Å². The van der Waals surface area contributed by atoms with Crippen LogP contribution in [0.25, 0.3) is 0 Å². The lowest BCUT2D eigenvalue weighted by molar-refractivity contribution is -0.128. The topological polar surface area (TPSA) is 93.7 Å². The minimum atomic E-state index is -0.933. The van der Waals surface area contributed by atoms with Gasteiger partial charge in [0.1, 0.15) is 0 Å². The number of esters is 1. The molecule has 0 bridgehead atoms. The van der Waals surface area contributed by atoms with Crippen molar-refractivity contribution in [1.82, 2.24) is 10.6 Å². The maximum atomic E-state index is 12.4. The molecule has 1 rings (SSSR count). The molecule has 0 radical (unpaired) electrons. The SMILES string of the molecule is C=CCNC(=O)[C@@H](C)OC(=O)c1ccccc1SCC(=O)NCCOC. The van der Waals surface area contributed by atoms with Crippen molar-refractivity contribution in [3.8, 4) is 0 Å². The number of methoxy groups -OCH3 is 1. The molecule has 7 nitrogen and oxygen atoms in total. The van der Waals surface area contributed by atoms with Crippen LogP contribution in [0, 0.1) is 0 Å². The molecular weight excluding hydrogens is 356 g/mol. The Kier molecular flexibility index (Phi) is 10.1. The molecule has 1 aromatic carbocycles. The fraction of sp³-hybridized carbons (Fsp3) is 0.389. The predicted molar refractivity (Wildman–Crippen MR) is 100 cm³/mol. The second kappa shape index (κ2) is 12.1. The fourth-order valence-corrected chi connectivity index (χ4v) is 2.71. The van der Waals surface area contributed by atoms with E-state index >= 15 is 0 Å². The molecule has 0 saturated carbocycles. The lowest BCUT2D eigenvalue weighted by Gasteiger charge is -2.14. The standard InChI is InChI=1S/C18H24N2O5S/c1-4-9-20-17(22)13(2)25-18(23)14-7-5-6-8-15(14)26-12-16(21)19-10-11-24-3/h4-8,13H,1,9-12H2,2-3H3,(H,19,21)(H,20,22)/t13-/m1/s1. The highest BCUT2D eigenvalue weighted by molar-refractivity contribution is 8.00. The summed E-state index contributed by atoms with van der Waals surface area (Å²) in [6, 6.07) is 6.79. The molecule has 1 aromatic rings. The van der Waals surface area contributed by atoms with Crippen molar-refractivity contribution in [2.75, 3.05) is 32.6 Å². The summed E-state index contributed by atoms with van der Waals surface area (Å²) in [5, 5.41) is 5.27. The Morgan fingerprint density at radius 3 is 2.69 bits per heavy atom. The molecule has 2 amide bonds. The van der Waals surface area contributed by atoms with Crippen LogP contribution in [0.2, 0.25) is 0 Å². The summed E-state index contributed by atoms with van der Waals surface area (Å²) in [6.07, 6.45) is 0.605. The minimum Gasteiger partial charge on any atom is -0.449 e. The third kappa shape index (κ3) is 7.71. The van der Waals surface area contributed by atoms with Crippen LogP contribution in [0.15, 0.2) is 41.8 Å². The Morgan fingerprint density at radius 2 is 2.00 bits per heavy atom. The summed E-state index contributed by atoms with van der Waals surface area (Å²) in [7, 11) is 1.56. The number of amides is 2. The van der Waals surface area contributed by atoms with E-state index in [0.717, 1.165) is 0 Å². The molecule has 0 aliphatic heterocycles. The van der Waals surface area contributed by atoms with Crippen LogP contribution in [0.5, 0.6) is 0 Å². The molecule has 2 N–H and O–H groups in total. The van der Waals surface area contributed by atoms with Crippen LogP contribution in [-0.2, 0) is 19.1 Å². The molecule has 1 atom stereocenters. The average Bonchev–Trinajstić information content (AvgIpc) is 2.64. The third-order valence-electron chi connectivity index (χ3n) is 3.17. The van der Waals surface area contributed by atoms with E-state index < -0.39 is 18.0 Å². The van der Waals surface area contributed by atoms with Crippen molar-refractivity contribution in [2.45, 2.75) is 17.9 Å². The summed E-state index contributed by atoms with van der Waals surface area (Å²) in [5.74, 6) is -1.02. The molecule has 26 heavy (non-hydrogen) atoms. The first-order chi connectivity index (χ1) is 12.5. The van der Waals surface area contributed by atoms with Gasteiger partial charge in [-0.05, 0) is 19.1 Å². The number of thioether (sulfide) groups is 1. The van der Waals surface area contributed by atoms with E-state index in [2.05, 4.69) is 17.2 Å². The first kappa shape index (κ1) is 21.7. The van der Waals surface area contributed by atoms with E-state index in [1.54, 1.807) is 31.4 Å². The van der Waals surface area contributed by atoms with Crippen LogP contribution in [-0.4, -0.2) is 56.4 Å². The summed E-state index contributed by atoms with van der Waals surface area (Å²) in [6.45, 7) is 6.16. The number of ether oxygens (including phenoxy) is 2. The van der Waals surface area contributed by atoms with E-state index in [9.17, 15) is 14.4 Å². The molecular formula is C18H24N2O5S. The molecule has 0 spiro atoms. The Hall–Kier alpha value is -2.32. The monoisotopic (exact) mass is 380 g/mol. The zero-order chi connectivity index (χ0) is 19.4. The van der Waals surface area contributed by atoms with Crippen molar-refractivity contribution in [3.63, 3.8) is 0 Å². The summed E-state index contributed by atoms with van der Waals surface area (Å²) in [4.78, 5) is 36.5. The molecule has 8 heteroatoms. The zero-order valence-electron chi connectivity index (χ0n) is 14.9. The zero-order valence-corrected chi connectivity index (χ0v) is 15.8. The van der Waals surface area contributed by atoms with Crippen LogP contribution in [0.4, 0.5) is 0 Å². The van der Waals surface area contributed by atoms with Crippen LogP contribution < -0.4 is 10.6 Å². The number of carbonyl (C=O) groups is 3. The van der Waals surface area contributed by atoms with Crippen LogP contribution in [0.3, 0.4) is 0 Å². The highest BCUT2D eigenvalue weighted by Gasteiger charge is 2.20. The van der Waals surface area contributed by atoms with Gasteiger partial charge in [0.15, 0.2) is 6.10 Å². The number of rotatable bonds is 11. The van der Waals surface area contributed by atoms with Gasteiger partial charge < -0.3 is 20.1 Å². The first-order valence-corrected chi connectivity index (χ1v) is 9.05. The second-order valence-corrected chi connectivity index (χ2v) is 6.23. The Bertz CT molecular complexity index is 636. The minimum absolute atomic E-state index is 0.156. The predicted octanol–water partition coefficient (Wildman–Crippen LogP) is 1.39. The molecule has 0 fully saturated rings. The van der Waals surface area contributed by atoms with E-state index in [-0.39, 0.29) is 11.7 Å². The third-order valence-corrected chi connectivity index (χ3v) is 4.24. The molecule has 0 aliphatic rings. The largest absolute Gasteiger partial charge is 0.449 e. The Morgan fingerprint density at radius 1 is 1.27 bits per heavy atom. The Balaban J connectivity index is 2.64.